The van der Waals surface area contributed by atoms with E-state index in [2.05, 4.69) is 35.2 Å². The van der Waals surface area contributed by atoms with Crippen LogP contribution in [-0.2, 0) is 0 Å². The molecular formula is C15H16N4S2. The second-order valence-electron chi connectivity index (χ2n) is 5.74. The molecule has 21 heavy (non-hydrogen) atoms. The Kier molecular flexibility index (Phi) is 2.99. The highest BCUT2D eigenvalue weighted by Crippen LogP contribution is 2.41. The van der Waals surface area contributed by atoms with Gasteiger partial charge < -0.3 is 5.32 Å². The van der Waals surface area contributed by atoms with Crippen LogP contribution in [0.15, 0.2) is 35.7 Å². The lowest BCUT2D eigenvalue weighted by Gasteiger charge is -2.24. The molecule has 0 spiro atoms. The van der Waals surface area contributed by atoms with Gasteiger partial charge in [-0.3, -0.25) is 0 Å². The standard InChI is InChI=1S/C15H16N4S2/c1-15(11-7-8-11)17-13(20)19(18-15)14-16-12(9-21-14)10-5-3-2-4-6-10/h2-6,9,11,18H,7-8H2,1H3,(H,17,20). The maximum atomic E-state index is 5.46. The third-order valence-electron chi connectivity index (χ3n) is 4.06. The summed E-state index contributed by atoms with van der Waals surface area (Å²) in [4.78, 5) is 4.71. The van der Waals surface area contributed by atoms with Crippen LogP contribution < -0.4 is 15.8 Å². The zero-order valence-corrected chi connectivity index (χ0v) is 13.3. The predicted molar refractivity (Wildman–Crippen MR) is 90.0 cm³/mol. The molecule has 4 rings (SSSR count). The maximum Gasteiger partial charge on any atom is 0.207 e. The normalized spacial score (nSPS) is 25.2. The minimum Gasteiger partial charge on any atom is -0.342 e. The Morgan fingerprint density at radius 1 is 1.33 bits per heavy atom. The molecule has 1 aromatic heterocycles. The van der Waals surface area contributed by atoms with Crippen molar-refractivity contribution in [1.29, 1.82) is 0 Å². The van der Waals surface area contributed by atoms with Gasteiger partial charge in [-0.2, -0.15) is 0 Å². The van der Waals surface area contributed by atoms with E-state index >= 15 is 0 Å². The molecule has 2 aliphatic rings. The van der Waals surface area contributed by atoms with Gasteiger partial charge in [0.1, 0.15) is 5.66 Å². The topological polar surface area (TPSA) is 40.2 Å². The molecule has 0 amide bonds. The number of thiocarbonyl (C=S) groups is 1. The van der Waals surface area contributed by atoms with Crippen LogP contribution in [0.5, 0.6) is 0 Å². The Balaban J connectivity index is 1.60. The number of thiazole rings is 1. The molecule has 0 radical (unpaired) electrons. The minimum absolute atomic E-state index is 0.129. The highest BCUT2D eigenvalue weighted by atomic mass is 32.1. The summed E-state index contributed by atoms with van der Waals surface area (Å²) in [5.41, 5.74) is 5.47. The van der Waals surface area contributed by atoms with Gasteiger partial charge in [-0.15, -0.1) is 11.3 Å². The van der Waals surface area contributed by atoms with Gasteiger partial charge in [-0.1, -0.05) is 30.3 Å². The number of anilines is 1. The number of benzene rings is 1. The van der Waals surface area contributed by atoms with Gasteiger partial charge in [0.05, 0.1) is 5.69 Å². The summed E-state index contributed by atoms with van der Waals surface area (Å²) in [6, 6.07) is 10.2. The molecule has 2 heterocycles. The summed E-state index contributed by atoms with van der Waals surface area (Å²) in [5.74, 6) is 0.647. The summed E-state index contributed by atoms with van der Waals surface area (Å²) in [6.45, 7) is 2.17. The van der Waals surface area contributed by atoms with Crippen molar-refractivity contribution in [2.24, 2.45) is 5.92 Å². The second-order valence-corrected chi connectivity index (χ2v) is 6.96. The molecule has 1 saturated heterocycles. The average Bonchev–Trinajstić information content (AvgIpc) is 3.16. The quantitative estimate of drug-likeness (QED) is 0.851. The van der Waals surface area contributed by atoms with Crippen molar-refractivity contribution in [3.8, 4) is 11.3 Å². The number of hydrazine groups is 1. The van der Waals surface area contributed by atoms with Gasteiger partial charge in [-0.25, -0.2) is 15.4 Å². The molecule has 1 unspecified atom stereocenters. The fourth-order valence-corrected chi connectivity index (χ4v) is 3.89. The first-order valence-electron chi connectivity index (χ1n) is 7.07. The third kappa shape index (κ3) is 2.33. The highest BCUT2D eigenvalue weighted by molar-refractivity contribution is 7.80. The fourth-order valence-electron chi connectivity index (χ4n) is 2.69. The number of hydrogen-bond acceptors (Lipinski definition) is 4. The lowest BCUT2D eigenvalue weighted by molar-refractivity contribution is 0.325. The van der Waals surface area contributed by atoms with Gasteiger partial charge in [0.15, 0.2) is 5.11 Å². The highest BCUT2D eigenvalue weighted by Gasteiger charge is 2.48. The third-order valence-corrected chi connectivity index (χ3v) is 5.17. The molecule has 1 aromatic carbocycles. The Labute approximate surface area is 133 Å². The van der Waals surface area contributed by atoms with Crippen LogP contribution in [0.1, 0.15) is 19.8 Å². The lowest BCUT2D eigenvalue weighted by atomic mass is 10.1. The van der Waals surface area contributed by atoms with Gasteiger partial charge in [0, 0.05) is 10.9 Å². The molecule has 1 aliphatic carbocycles. The van der Waals surface area contributed by atoms with Crippen molar-refractivity contribution in [2.45, 2.75) is 25.4 Å². The van der Waals surface area contributed by atoms with E-state index in [9.17, 15) is 0 Å². The monoisotopic (exact) mass is 316 g/mol. The van der Waals surface area contributed by atoms with Gasteiger partial charge in [0.25, 0.3) is 0 Å². The lowest BCUT2D eigenvalue weighted by Crippen LogP contribution is -2.50. The first kappa shape index (κ1) is 13.2. The molecule has 2 fully saturated rings. The summed E-state index contributed by atoms with van der Waals surface area (Å²) in [5, 5.41) is 8.97. The summed E-state index contributed by atoms with van der Waals surface area (Å²) in [6.07, 6.45) is 2.50. The van der Waals surface area contributed by atoms with Crippen LogP contribution in [0.4, 0.5) is 5.13 Å². The first-order chi connectivity index (χ1) is 10.2. The van der Waals surface area contributed by atoms with Gasteiger partial charge >= 0.3 is 0 Å². The van der Waals surface area contributed by atoms with E-state index in [1.165, 1.54) is 12.8 Å². The molecule has 0 bridgehead atoms. The zero-order valence-electron chi connectivity index (χ0n) is 11.7. The summed E-state index contributed by atoms with van der Waals surface area (Å²) < 4.78 is 0. The minimum atomic E-state index is -0.129. The smallest absolute Gasteiger partial charge is 0.207 e. The Hall–Kier alpha value is -1.50. The molecule has 4 nitrogen and oxygen atoms in total. The fraction of sp³-hybridized carbons (Fsp3) is 0.333. The van der Waals surface area contributed by atoms with Crippen LogP contribution >= 0.6 is 23.6 Å². The average molecular weight is 316 g/mol. The van der Waals surface area contributed by atoms with Crippen LogP contribution in [0.2, 0.25) is 0 Å². The second kappa shape index (κ2) is 4.76. The molecular weight excluding hydrogens is 300 g/mol. The van der Waals surface area contributed by atoms with Crippen LogP contribution in [0.25, 0.3) is 11.3 Å². The van der Waals surface area contributed by atoms with E-state index in [1.54, 1.807) is 11.3 Å². The number of nitrogens with zero attached hydrogens (tertiary/aromatic N) is 2. The van der Waals surface area contributed by atoms with E-state index in [0.29, 0.717) is 11.0 Å². The van der Waals surface area contributed by atoms with E-state index in [0.717, 1.165) is 16.4 Å². The number of hydrogen-bond donors (Lipinski definition) is 2. The van der Waals surface area contributed by atoms with Crippen molar-refractivity contribution in [1.82, 2.24) is 15.7 Å². The van der Waals surface area contributed by atoms with Crippen LogP contribution in [0.3, 0.4) is 0 Å². The van der Waals surface area contributed by atoms with Crippen LogP contribution in [-0.4, -0.2) is 15.8 Å². The molecule has 108 valence electrons. The molecule has 6 heteroatoms. The Morgan fingerprint density at radius 3 is 2.81 bits per heavy atom. The largest absolute Gasteiger partial charge is 0.342 e. The SMILES string of the molecule is CC1(C2CC2)NC(=S)N(c2nc(-c3ccccc3)cs2)N1. The molecule has 2 N–H and O–H groups in total. The van der Waals surface area contributed by atoms with Crippen LogP contribution in [0, 0.1) is 5.92 Å². The Morgan fingerprint density at radius 2 is 2.10 bits per heavy atom. The van der Waals surface area contributed by atoms with Crippen molar-refractivity contribution in [3.05, 3.63) is 35.7 Å². The summed E-state index contributed by atoms with van der Waals surface area (Å²) in [7, 11) is 0. The summed E-state index contributed by atoms with van der Waals surface area (Å²) >= 11 is 7.07. The molecule has 2 aromatic rings. The number of aromatic nitrogens is 1. The van der Waals surface area contributed by atoms with Crippen molar-refractivity contribution in [2.75, 3.05) is 5.01 Å². The first-order valence-corrected chi connectivity index (χ1v) is 8.35. The number of nitrogens with one attached hydrogen (secondary N) is 2. The number of rotatable bonds is 3. The molecule has 1 saturated carbocycles. The van der Waals surface area contributed by atoms with E-state index < -0.39 is 0 Å². The van der Waals surface area contributed by atoms with E-state index in [-0.39, 0.29) is 5.66 Å². The molecule has 1 atom stereocenters. The van der Waals surface area contributed by atoms with Gasteiger partial charge in [-0.05, 0) is 37.9 Å². The van der Waals surface area contributed by atoms with Gasteiger partial charge in [0.2, 0.25) is 5.13 Å². The van der Waals surface area contributed by atoms with Crippen molar-refractivity contribution in [3.63, 3.8) is 0 Å². The maximum absolute atomic E-state index is 5.46. The van der Waals surface area contributed by atoms with E-state index in [1.807, 2.05) is 23.2 Å². The van der Waals surface area contributed by atoms with E-state index in [4.69, 9.17) is 17.2 Å². The van der Waals surface area contributed by atoms with Crippen molar-refractivity contribution >= 4 is 33.8 Å². The predicted octanol–water partition coefficient (Wildman–Crippen LogP) is 3.14. The van der Waals surface area contributed by atoms with Crippen molar-refractivity contribution < 1.29 is 0 Å². The molecule has 1 aliphatic heterocycles. The Bertz CT molecular complexity index is 680. The zero-order chi connectivity index (χ0) is 14.4.